The van der Waals surface area contributed by atoms with E-state index in [1.54, 1.807) is 0 Å². The molecule has 17 heavy (non-hydrogen) atoms. The highest BCUT2D eigenvalue weighted by Gasteiger charge is 2.34. The Labute approximate surface area is 108 Å². The molecule has 0 aromatic carbocycles. The Morgan fingerprint density at radius 3 is 2.18 bits per heavy atom. The molecule has 1 heteroatoms. The Hall–Kier alpha value is -0.0400. The lowest BCUT2D eigenvalue weighted by molar-refractivity contribution is 0.126. The summed E-state index contributed by atoms with van der Waals surface area (Å²) in [5, 5.41) is 4.00. The lowest BCUT2D eigenvalue weighted by Gasteiger charge is -2.43. The maximum atomic E-state index is 4.00. The second kappa shape index (κ2) is 5.30. The zero-order valence-electron chi connectivity index (χ0n) is 12.3. The van der Waals surface area contributed by atoms with Crippen LogP contribution in [-0.4, -0.2) is 12.1 Å². The first-order valence-corrected chi connectivity index (χ1v) is 7.74. The van der Waals surface area contributed by atoms with Gasteiger partial charge in [-0.2, -0.15) is 0 Å². The van der Waals surface area contributed by atoms with Crippen LogP contribution in [0.15, 0.2) is 0 Å². The third-order valence-electron chi connectivity index (χ3n) is 5.23. The maximum Gasteiger partial charge on any atom is 0.00957 e. The first-order valence-electron chi connectivity index (χ1n) is 7.74. The van der Waals surface area contributed by atoms with Crippen molar-refractivity contribution in [3.8, 4) is 0 Å². The molecule has 0 heterocycles. The predicted molar refractivity (Wildman–Crippen MR) is 75.1 cm³/mol. The van der Waals surface area contributed by atoms with Crippen molar-refractivity contribution in [3.05, 3.63) is 0 Å². The molecule has 1 nitrogen and oxygen atoms in total. The highest BCUT2D eigenvalue weighted by molar-refractivity contribution is 4.90. The van der Waals surface area contributed by atoms with E-state index < -0.39 is 0 Å². The molecule has 0 aromatic heterocycles. The fraction of sp³-hybridized carbons (Fsp3) is 1.00. The van der Waals surface area contributed by atoms with E-state index in [0.717, 1.165) is 23.9 Å². The van der Waals surface area contributed by atoms with Gasteiger partial charge in [-0.15, -0.1) is 0 Å². The van der Waals surface area contributed by atoms with E-state index in [1.165, 1.54) is 44.9 Å². The largest absolute Gasteiger partial charge is 0.311 e. The fourth-order valence-electron chi connectivity index (χ4n) is 4.03. The van der Waals surface area contributed by atoms with Crippen LogP contribution < -0.4 is 5.32 Å². The van der Waals surface area contributed by atoms with Gasteiger partial charge in [0.2, 0.25) is 0 Å². The monoisotopic (exact) mass is 237 g/mol. The molecule has 2 aliphatic carbocycles. The van der Waals surface area contributed by atoms with Crippen molar-refractivity contribution in [2.75, 3.05) is 0 Å². The zero-order valence-corrected chi connectivity index (χ0v) is 12.3. The molecule has 2 fully saturated rings. The third-order valence-corrected chi connectivity index (χ3v) is 5.23. The van der Waals surface area contributed by atoms with Crippen LogP contribution in [0.1, 0.15) is 72.6 Å². The van der Waals surface area contributed by atoms with E-state index in [1.807, 2.05) is 0 Å². The summed E-state index contributed by atoms with van der Waals surface area (Å²) in [7, 11) is 0. The van der Waals surface area contributed by atoms with Crippen molar-refractivity contribution in [1.29, 1.82) is 0 Å². The van der Waals surface area contributed by atoms with Gasteiger partial charge in [0.05, 0.1) is 0 Å². The van der Waals surface area contributed by atoms with Crippen LogP contribution in [0.2, 0.25) is 0 Å². The molecule has 2 saturated carbocycles. The lowest BCUT2D eigenvalue weighted by Crippen LogP contribution is -2.49. The van der Waals surface area contributed by atoms with Crippen LogP contribution in [-0.2, 0) is 0 Å². The lowest BCUT2D eigenvalue weighted by atomic mass is 9.70. The van der Waals surface area contributed by atoms with Gasteiger partial charge in [-0.25, -0.2) is 0 Å². The van der Waals surface area contributed by atoms with Crippen LogP contribution in [0.3, 0.4) is 0 Å². The summed E-state index contributed by atoms with van der Waals surface area (Å²) in [5.74, 6) is 1.75. The van der Waals surface area contributed by atoms with Crippen molar-refractivity contribution in [1.82, 2.24) is 5.32 Å². The summed E-state index contributed by atoms with van der Waals surface area (Å²) in [6, 6.07) is 1.59. The van der Waals surface area contributed by atoms with Gasteiger partial charge in [0, 0.05) is 12.1 Å². The molecule has 2 aliphatic rings. The average molecular weight is 237 g/mol. The molecule has 0 spiro atoms. The minimum atomic E-state index is 0.579. The predicted octanol–water partition coefficient (Wildman–Crippen LogP) is 4.37. The van der Waals surface area contributed by atoms with Gasteiger partial charge in [-0.05, 0) is 49.4 Å². The van der Waals surface area contributed by atoms with Crippen LogP contribution in [0.25, 0.3) is 0 Å². The summed E-state index contributed by atoms with van der Waals surface area (Å²) in [6.45, 7) is 9.76. The smallest absolute Gasteiger partial charge is 0.00957 e. The Bertz CT molecular complexity index is 246. The van der Waals surface area contributed by atoms with Gasteiger partial charge < -0.3 is 5.32 Å². The van der Waals surface area contributed by atoms with Gasteiger partial charge in [-0.1, -0.05) is 40.5 Å². The normalized spacial score (nSPS) is 42.4. The van der Waals surface area contributed by atoms with Crippen molar-refractivity contribution >= 4 is 0 Å². The van der Waals surface area contributed by atoms with Crippen LogP contribution in [0.4, 0.5) is 0 Å². The molecular formula is C16H31N. The molecule has 4 unspecified atom stereocenters. The second-order valence-electron chi connectivity index (χ2n) is 7.53. The molecule has 4 atom stereocenters. The standard InChI is InChI=1S/C16H31N/c1-12-7-5-6-8-14(12)17-15-9-10-16(3,4)11-13(15)2/h12-15,17H,5-11H2,1-4H3. The second-order valence-corrected chi connectivity index (χ2v) is 7.53. The minimum absolute atomic E-state index is 0.579. The first-order chi connectivity index (χ1) is 7.98. The summed E-state index contributed by atoms with van der Waals surface area (Å²) in [4.78, 5) is 0. The average Bonchev–Trinajstić information content (AvgIpc) is 2.24. The number of nitrogens with one attached hydrogen (secondary N) is 1. The van der Waals surface area contributed by atoms with E-state index in [0.29, 0.717) is 5.41 Å². The zero-order chi connectivity index (χ0) is 12.5. The van der Waals surface area contributed by atoms with Crippen molar-refractivity contribution in [3.63, 3.8) is 0 Å². The van der Waals surface area contributed by atoms with E-state index >= 15 is 0 Å². The molecule has 2 rings (SSSR count). The van der Waals surface area contributed by atoms with E-state index in [9.17, 15) is 0 Å². The number of hydrogen-bond donors (Lipinski definition) is 1. The van der Waals surface area contributed by atoms with Gasteiger partial charge in [0.25, 0.3) is 0 Å². The maximum absolute atomic E-state index is 4.00. The van der Waals surface area contributed by atoms with Crippen LogP contribution in [0.5, 0.6) is 0 Å². The van der Waals surface area contributed by atoms with E-state index in [2.05, 4.69) is 33.0 Å². The quantitative estimate of drug-likeness (QED) is 0.752. The first kappa shape index (κ1) is 13.4. The van der Waals surface area contributed by atoms with Gasteiger partial charge in [-0.3, -0.25) is 0 Å². The van der Waals surface area contributed by atoms with E-state index in [-0.39, 0.29) is 0 Å². The molecule has 100 valence electrons. The highest BCUT2D eigenvalue weighted by Crippen LogP contribution is 2.39. The molecule has 0 radical (unpaired) electrons. The Kier molecular flexibility index (Phi) is 4.18. The molecule has 1 N–H and O–H groups in total. The molecular weight excluding hydrogens is 206 g/mol. The van der Waals surface area contributed by atoms with Gasteiger partial charge in [0.15, 0.2) is 0 Å². The van der Waals surface area contributed by atoms with Gasteiger partial charge in [0.1, 0.15) is 0 Å². The molecule has 0 bridgehead atoms. The summed E-state index contributed by atoms with van der Waals surface area (Å²) >= 11 is 0. The fourth-order valence-corrected chi connectivity index (χ4v) is 4.03. The Balaban J connectivity index is 1.86. The molecule has 0 aromatic rings. The minimum Gasteiger partial charge on any atom is -0.311 e. The van der Waals surface area contributed by atoms with Crippen LogP contribution in [0, 0.1) is 17.3 Å². The van der Waals surface area contributed by atoms with Crippen molar-refractivity contribution in [2.24, 2.45) is 17.3 Å². The highest BCUT2D eigenvalue weighted by atomic mass is 15.0. The SMILES string of the molecule is CC1CCCCC1NC1CCC(C)(C)CC1C. The molecule has 0 aliphatic heterocycles. The Morgan fingerprint density at radius 2 is 1.53 bits per heavy atom. The Morgan fingerprint density at radius 1 is 0.882 bits per heavy atom. The summed E-state index contributed by atoms with van der Waals surface area (Å²) < 4.78 is 0. The number of rotatable bonds is 2. The summed E-state index contributed by atoms with van der Waals surface area (Å²) in [5.41, 5.74) is 0.579. The third kappa shape index (κ3) is 3.47. The van der Waals surface area contributed by atoms with Crippen molar-refractivity contribution in [2.45, 2.75) is 84.7 Å². The van der Waals surface area contributed by atoms with Crippen molar-refractivity contribution < 1.29 is 0 Å². The molecule has 0 saturated heterocycles. The van der Waals surface area contributed by atoms with E-state index in [4.69, 9.17) is 0 Å². The van der Waals surface area contributed by atoms with Gasteiger partial charge >= 0.3 is 0 Å². The topological polar surface area (TPSA) is 12.0 Å². The summed E-state index contributed by atoms with van der Waals surface area (Å²) in [6.07, 6.45) is 9.92. The molecule has 0 amide bonds. The van der Waals surface area contributed by atoms with Crippen LogP contribution >= 0.6 is 0 Å². The number of hydrogen-bond acceptors (Lipinski definition) is 1.